The van der Waals surface area contributed by atoms with Crippen molar-refractivity contribution in [3.05, 3.63) is 75.8 Å². The summed E-state index contributed by atoms with van der Waals surface area (Å²) in [6, 6.07) is 17.7. The summed E-state index contributed by atoms with van der Waals surface area (Å²) in [4.78, 5) is 26.7. The molecule has 0 N–H and O–H groups in total. The fourth-order valence-electron chi connectivity index (χ4n) is 2.98. The van der Waals surface area contributed by atoms with Gasteiger partial charge in [0.2, 0.25) is 0 Å². The molecule has 1 saturated heterocycles. The number of hydrogen-bond donors (Lipinski definition) is 0. The number of amides is 1. The molecule has 1 amide bonds. The minimum atomic E-state index is -0.490. The van der Waals surface area contributed by atoms with Crippen molar-refractivity contribution in [1.29, 1.82) is 5.26 Å². The molecule has 1 fully saturated rings. The number of nitriles is 1. The van der Waals surface area contributed by atoms with Crippen LogP contribution in [0.4, 0.5) is 11.4 Å². The smallest absolute Gasteiger partial charge is 0.269 e. The number of piperazine rings is 1. The van der Waals surface area contributed by atoms with Gasteiger partial charge in [0.25, 0.3) is 11.6 Å². The lowest BCUT2D eigenvalue weighted by Crippen LogP contribution is -2.49. The first-order chi connectivity index (χ1) is 13.1. The number of rotatable bonds is 4. The first-order valence-corrected chi connectivity index (χ1v) is 8.54. The van der Waals surface area contributed by atoms with Gasteiger partial charge in [-0.05, 0) is 35.9 Å². The van der Waals surface area contributed by atoms with Crippen LogP contribution in [0.15, 0.2) is 60.2 Å². The molecule has 2 aromatic rings. The average molecular weight is 362 g/mol. The number of nitrogens with zero attached hydrogens (tertiary/aromatic N) is 4. The Morgan fingerprint density at radius 1 is 1.04 bits per heavy atom. The van der Waals surface area contributed by atoms with E-state index in [1.807, 2.05) is 36.4 Å². The van der Waals surface area contributed by atoms with Crippen LogP contribution in [0.2, 0.25) is 0 Å². The summed E-state index contributed by atoms with van der Waals surface area (Å²) in [5, 5.41) is 20.1. The van der Waals surface area contributed by atoms with E-state index in [0.29, 0.717) is 31.7 Å². The molecule has 3 rings (SSSR count). The molecule has 136 valence electrons. The van der Waals surface area contributed by atoms with Crippen molar-refractivity contribution >= 4 is 23.4 Å². The Labute approximate surface area is 156 Å². The minimum absolute atomic E-state index is 0.0250. The van der Waals surface area contributed by atoms with E-state index in [-0.39, 0.29) is 17.2 Å². The van der Waals surface area contributed by atoms with Gasteiger partial charge < -0.3 is 9.80 Å². The predicted molar refractivity (Wildman–Crippen MR) is 102 cm³/mol. The summed E-state index contributed by atoms with van der Waals surface area (Å²) in [5.74, 6) is -0.316. The van der Waals surface area contributed by atoms with E-state index >= 15 is 0 Å². The number of para-hydroxylation sites is 1. The summed E-state index contributed by atoms with van der Waals surface area (Å²) in [6.07, 6.45) is 1.47. The summed E-state index contributed by atoms with van der Waals surface area (Å²) < 4.78 is 0. The molecular formula is C20H18N4O3. The number of carbonyl (C=O) groups is 1. The number of non-ortho nitro benzene ring substituents is 1. The molecule has 0 atom stereocenters. The normalized spacial score (nSPS) is 14.6. The van der Waals surface area contributed by atoms with Crippen LogP contribution in [-0.2, 0) is 4.79 Å². The Morgan fingerprint density at radius 3 is 2.22 bits per heavy atom. The molecule has 0 aliphatic carbocycles. The molecule has 1 heterocycles. The van der Waals surface area contributed by atoms with Crippen molar-refractivity contribution in [2.75, 3.05) is 31.1 Å². The molecule has 0 bridgehead atoms. The summed E-state index contributed by atoms with van der Waals surface area (Å²) in [7, 11) is 0. The fraction of sp³-hybridized carbons (Fsp3) is 0.200. The number of hydrogen-bond acceptors (Lipinski definition) is 5. The third-order valence-electron chi connectivity index (χ3n) is 4.45. The van der Waals surface area contributed by atoms with Crippen LogP contribution >= 0.6 is 0 Å². The number of carbonyl (C=O) groups excluding carboxylic acids is 1. The molecule has 7 nitrogen and oxygen atoms in total. The third-order valence-corrected chi connectivity index (χ3v) is 4.45. The van der Waals surface area contributed by atoms with Crippen LogP contribution in [0.5, 0.6) is 0 Å². The van der Waals surface area contributed by atoms with Crippen molar-refractivity contribution in [1.82, 2.24) is 4.90 Å². The van der Waals surface area contributed by atoms with Gasteiger partial charge in [0.15, 0.2) is 0 Å². The summed E-state index contributed by atoms with van der Waals surface area (Å²) >= 11 is 0. The molecule has 0 aromatic heterocycles. The second-order valence-electron chi connectivity index (χ2n) is 6.13. The lowest BCUT2D eigenvalue weighted by atomic mass is 10.1. The van der Waals surface area contributed by atoms with Crippen molar-refractivity contribution in [2.24, 2.45) is 0 Å². The monoisotopic (exact) mass is 362 g/mol. The van der Waals surface area contributed by atoms with E-state index in [1.54, 1.807) is 4.90 Å². The third kappa shape index (κ3) is 4.30. The Balaban J connectivity index is 1.67. The molecule has 1 aliphatic rings. The van der Waals surface area contributed by atoms with E-state index in [2.05, 4.69) is 4.90 Å². The Morgan fingerprint density at radius 2 is 1.67 bits per heavy atom. The van der Waals surface area contributed by atoms with Crippen molar-refractivity contribution in [3.8, 4) is 6.07 Å². The Kier molecular flexibility index (Phi) is 5.47. The van der Waals surface area contributed by atoms with Gasteiger partial charge in [-0.2, -0.15) is 5.26 Å². The van der Waals surface area contributed by atoms with Crippen LogP contribution in [0.1, 0.15) is 5.56 Å². The second-order valence-corrected chi connectivity index (χ2v) is 6.13. The van der Waals surface area contributed by atoms with Crippen molar-refractivity contribution in [3.63, 3.8) is 0 Å². The quantitative estimate of drug-likeness (QED) is 0.361. The Bertz CT molecular complexity index is 893. The number of nitro groups is 1. The molecule has 0 unspecified atom stereocenters. The van der Waals surface area contributed by atoms with E-state index in [1.165, 1.54) is 30.3 Å². The lowest BCUT2D eigenvalue weighted by Gasteiger charge is -2.36. The van der Waals surface area contributed by atoms with E-state index in [9.17, 15) is 20.2 Å². The molecular weight excluding hydrogens is 344 g/mol. The zero-order chi connectivity index (χ0) is 19.2. The number of benzene rings is 2. The van der Waals surface area contributed by atoms with E-state index in [4.69, 9.17) is 0 Å². The zero-order valence-electron chi connectivity index (χ0n) is 14.6. The highest BCUT2D eigenvalue weighted by molar-refractivity contribution is 6.01. The maximum atomic E-state index is 12.7. The zero-order valence-corrected chi connectivity index (χ0v) is 14.6. The maximum absolute atomic E-state index is 12.7. The molecule has 0 radical (unpaired) electrons. The SMILES string of the molecule is N#C/C(=C/c1ccc([N+](=O)[O-])cc1)C(=O)N1CCN(c2ccccc2)CC1. The largest absolute Gasteiger partial charge is 0.368 e. The van der Waals surface area contributed by atoms with Crippen molar-refractivity contribution < 1.29 is 9.72 Å². The Hall–Kier alpha value is -3.66. The standard InChI is InChI=1S/C20H18N4O3/c21-15-17(14-16-6-8-19(9-7-16)24(26)27)20(25)23-12-10-22(11-13-23)18-4-2-1-3-5-18/h1-9,14H,10-13H2/b17-14-. The predicted octanol–water partition coefficient (Wildman–Crippen LogP) is 2.85. The van der Waals surface area contributed by atoms with Crippen molar-refractivity contribution in [2.45, 2.75) is 0 Å². The van der Waals surface area contributed by atoms with Crippen LogP contribution in [-0.4, -0.2) is 41.9 Å². The summed E-state index contributed by atoms with van der Waals surface area (Å²) in [5.41, 5.74) is 1.69. The van der Waals surface area contributed by atoms with Gasteiger partial charge in [0.1, 0.15) is 11.6 Å². The number of nitro benzene ring substituents is 1. The van der Waals surface area contributed by atoms with Gasteiger partial charge in [0.05, 0.1) is 4.92 Å². The van der Waals surface area contributed by atoms with Gasteiger partial charge in [-0.15, -0.1) is 0 Å². The van der Waals surface area contributed by atoms with E-state index < -0.39 is 4.92 Å². The highest BCUT2D eigenvalue weighted by atomic mass is 16.6. The van der Waals surface area contributed by atoms with Gasteiger partial charge in [-0.25, -0.2) is 0 Å². The van der Waals surface area contributed by atoms with Crippen LogP contribution in [0, 0.1) is 21.4 Å². The maximum Gasteiger partial charge on any atom is 0.269 e. The molecule has 2 aromatic carbocycles. The van der Waals surface area contributed by atoms with Crippen LogP contribution in [0.25, 0.3) is 6.08 Å². The van der Waals surface area contributed by atoms with Gasteiger partial charge in [-0.3, -0.25) is 14.9 Å². The topological polar surface area (TPSA) is 90.5 Å². The molecule has 0 saturated carbocycles. The lowest BCUT2D eigenvalue weighted by molar-refractivity contribution is -0.384. The van der Waals surface area contributed by atoms with Gasteiger partial charge in [0, 0.05) is 44.0 Å². The number of anilines is 1. The van der Waals surface area contributed by atoms with Gasteiger partial charge >= 0.3 is 0 Å². The highest BCUT2D eigenvalue weighted by Gasteiger charge is 2.23. The van der Waals surface area contributed by atoms with Crippen LogP contribution in [0.3, 0.4) is 0 Å². The average Bonchev–Trinajstić information content (AvgIpc) is 2.72. The molecule has 27 heavy (non-hydrogen) atoms. The summed E-state index contributed by atoms with van der Waals surface area (Å²) in [6.45, 7) is 2.47. The highest BCUT2D eigenvalue weighted by Crippen LogP contribution is 2.18. The minimum Gasteiger partial charge on any atom is -0.368 e. The molecule has 7 heteroatoms. The first-order valence-electron chi connectivity index (χ1n) is 8.54. The van der Waals surface area contributed by atoms with E-state index in [0.717, 1.165) is 5.69 Å². The molecule has 0 spiro atoms. The van der Waals surface area contributed by atoms with Gasteiger partial charge in [-0.1, -0.05) is 18.2 Å². The van der Waals surface area contributed by atoms with Crippen LogP contribution < -0.4 is 4.90 Å². The fourth-order valence-corrected chi connectivity index (χ4v) is 2.98. The second kappa shape index (κ2) is 8.15. The molecule has 1 aliphatic heterocycles. The first kappa shape index (κ1) is 18.1.